The standard InChI is InChI=1S/C11H20N2O7/c1-6(14)12-8(11(18)19)9(15)7(10(16)17)4-5-20-13(2)3/h7-9,15H,4-5H2,1-3H3,(H,12,14)(H,16,17)(H,18,19). The molecule has 3 unspecified atom stereocenters. The van der Waals surface area contributed by atoms with Crippen LogP contribution in [0, 0.1) is 5.92 Å². The Balaban J connectivity index is 4.82. The zero-order chi connectivity index (χ0) is 15.9. The van der Waals surface area contributed by atoms with Crippen LogP contribution in [0.1, 0.15) is 13.3 Å². The molecule has 0 aromatic heterocycles. The number of nitrogens with one attached hydrogen (secondary N) is 1. The van der Waals surface area contributed by atoms with E-state index in [-0.39, 0.29) is 13.0 Å². The van der Waals surface area contributed by atoms with Crippen molar-refractivity contribution in [1.82, 2.24) is 10.4 Å². The third kappa shape index (κ3) is 6.45. The van der Waals surface area contributed by atoms with Crippen LogP contribution in [0.15, 0.2) is 0 Å². The van der Waals surface area contributed by atoms with Crippen molar-refractivity contribution in [3.63, 3.8) is 0 Å². The molecule has 0 saturated heterocycles. The Morgan fingerprint density at radius 1 is 1.20 bits per heavy atom. The van der Waals surface area contributed by atoms with Crippen molar-refractivity contribution in [2.75, 3.05) is 20.7 Å². The van der Waals surface area contributed by atoms with Gasteiger partial charge in [-0.05, 0) is 6.42 Å². The zero-order valence-corrected chi connectivity index (χ0v) is 11.6. The van der Waals surface area contributed by atoms with Crippen LogP contribution in [0.25, 0.3) is 0 Å². The van der Waals surface area contributed by atoms with Crippen molar-refractivity contribution < 1.29 is 34.5 Å². The van der Waals surface area contributed by atoms with Crippen molar-refractivity contribution in [1.29, 1.82) is 0 Å². The van der Waals surface area contributed by atoms with Crippen molar-refractivity contribution in [2.24, 2.45) is 5.92 Å². The molecule has 0 radical (unpaired) electrons. The molecule has 20 heavy (non-hydrogen) atoms. The third-order valence-corrected chi connectivity index (χ3v) is 2.47. The fraction of sp³-hybridized carbons (Fsp3) is 0.727. The fourth-order valence-corrected chi connectivity index (χ4v) is 1.55. The van der Waals surface area contributed by atoms with Gasteiger partial charge in [0.05, 0.1) is 18.6 Å². The van der Waals surface area contributed by atoms with Gasteiger partial charge in [0.1, 0.15) is 0 Å². The van der Waals surface area contributed by atoms with E-state index in [2.05, 4.69) is 0 Å². The molecule has 0 spiro atoms. The lowest BCUT2D eigenvalue weighted by Gasteiger charge is -2.25. The molecule has 0 aliphatic rings. The Hall–Kier alpha value is -1.71. The van der Waals surface area contributed by atoms with Crippen LogP contribution in [0.2, 0.25) is 0 Å². The first kappa shape index (κ1) is 18.3. The zero-order valence-electron chi connectivity index (χ0n) is 11.6. The lowest BCUT2D eigenvalue weighted by Crippen LogP contribution is -2.52. The monoisotopic (exact) mass is 292 g/mol. The van der Waals surface area contributed by atoms with Gasteiger partial charge in [-0.2, -0.15) is 5.06 Å². The summed E-state index contributed by atoms with van der Waals surface area (Å²) in [4.78, 5) is 38.0. The number of carbonyl (C=O) groups is 3. The number of carboxylic acid groups (broad SMARTS) is 2. The number of aliphatic hydroxyl groups excluding tert-OH is 1. The molecule has 1 amide bonds. The topological polar surface area (TPSA) is 136 Å². The van der Waals surface area contributed by atoms with Crippen molar-refractivity contribution in [3.05, 3.63) is 0 Å². The first-order valence-corrected chi connectivity index (χ1v) is 5.87. The van der Waals surface area contributed by atoms with Gasteiger partial charge in [0.15, 0.2) is 6.04 Å². The van der Waals surface area contributed by atoms with E-state index in [1.54, 1.807) is 14.1 Å². The molecule has 116 valence electrons. The van der Waals surface area contributed by atoms with Crippen molar-refractivity contribution in [3.8, 4) is 0 Å². The maximum absolute atomic E-state index is 11.1. The molecule has 0 aliphatic carbocycles. The highest BCUT2D eigenvalue weighted by Gasteiger charge is 2.37. The minimum absolute atomic E-state index is 0.00651. The number of nitrogens with zero attached hydrogens (tertiary/aromatic N) is 1. The van der Waals surface area contributed by atoms with Gasteiger partial charge in [-0.1, -0.05) is 0 Å². The molecule has 3 atom stereocenters. The smallest absolute Gasteiger partial charge is 0.328 e. The lowest BCUT2D eigenvalue weighted by molar-refractivity contribution is -0.158. The predicted molar refractivity (Wildman–Crippen MR) is 66.6 cm³/mol. The van der Waals surface area contributed by atoms with Gasteiger partial charge in [-0.25, -0.2) is 4.79 Å². The summed E-state index contributed by atoms with van der Waals surface area (Å²) in [5, 5.41) is 31.2. The lowest BCUT2D eigenvalue weighted by atomic mass is 9.93. The number of hydroxylamine groups is 2. The van der Waals surface area contributed by atoms with Gasteiger partial charge in [-0.15, -0.1) is 0 Å². The number of rotatable bonds is 9. The highest BCUT2D eigenvalue weighted by molar-refractivity contribution is 5.83. The summed E-state index contributed by atoms with van der Waals surface area (Å²) in [6.07, 6.45) is -1.86. The van der Waals surface area contributed by atoms with Crippen molar-refractivity contribution in [2.45, 2.75) is 25.5 Å². The van der Waals surface area contributed by atoms with Crippen LogP contribution in [0.5, 0.6) is 0 Å². The third-order valence-electron chi connectivity index (χ3n) is 2.47. The summed E-state index contributed by atoms with van der Waals surface area (Å²) < 4.78 is 0. The second-order valence-corrected chi connectivity index (χ2v) is 4.39. The number of aliphatic hydroxyl groups is 1. The molecular weight excluding hydrogens is 272 g/mol. The molecule has 0 aromatic rings. The average molecular weight is 292 g/mol. The molecule has 9 heteroatoms. The van der Waals surface area contributed by atoms with Crippen molar-refractivity contribution >= 4 is 17.8 Å². The number of amides is 1. The summed E-state index contributed by atoms with van der Waals surface area (Å²) in [5.74, 6) is -4.92. The highest BCUT2D eigenvalue weighted by Crippen LogP contribution is 2.14. The van der Waals surface area contributed by atoms with Gasteiger partial charge in [0, 0.05) is 21.0 Å². The molecular formula is C11H20N2O7. The minimum Gasteiger partial charge on any atom is -0.481 e. The Bertz CT molecular complexity index is 359. The molecule has 9 nitrogen and oxygen atoms in total. The van der Waals surface area contributed by atoms with E-state index >= 15 is 0 Å². The SMILES string of the molecule is CC(=O)NC(C(=O)O)C(O)C(CCON(C)C)C(=O)O. The Labute approximate surface area is 116 Å². The fourth-order valence-electron chi connectivity index (χ4n) is 1.55. The van der Waals surface area contributed by atoms with E-state index in [1.165, 1.54) is 5.06 Å². The molecule has 0 heterocycles. The molecule has 0 fully saturated rings. The summed E-state index contributed by atoms with van der Waals surface area (Å²) in [7, 11) is 3.20. The predicted octanol–water partition coefficient (Wildman–Crippen LogP) is -1.48. The Morgan fingerprint density at radius 3 is 2.10 bits per heavy atom. The summed E-state index contributed by atoms with van der Waals surface area (Å²) in [5.41, 5.74) is 0. The molecule has 0 rings (SSSR count). The van der Waals surface area contributed by atoms with Gasteiger partial charge in [0.2, 0.25) is 5.91 Å². The van der Waals surface area contributed by atoms with E-state index in [9.17, 15) is 19.5 Å². The maximum atomic E-state index is 11.1. The van der Waals surface area contributed by atoms with Crippen LogP contribution in [-0.2, 0) is 19.2 Å². The van der Waals surface area contributed by atoms with Gasteiger partial charge in [0.25, 0.3) is 0 Å². The van der Waals surface area contributed by atoms with Gasteiger partial charge >= 0.3 is 11.9 Å². The van der Waals surface area contributed by atoms with Gasteiger partial charge < -0.3 is 20.6 Å². The van der Waals surface area contributed by atoms with E-state index in [0.717, 1.165) is 6.92 Å². The first-order valence-electron chi connectivity index (χ1n) is 5.87. The molecule has 0 saturated carbocycles. The van der Waals surface area contributed by atoms with Crippen LogP contribution >= 0.6 is 0 Å². The second-order valence-electron chi connectivity index (χ2n) is 4.39. The summed E-state index contributed by atoms with van der Waals surface area (Å²) in [6.45, 7) is 1.07. The maximum Gasteiger partial charge on any atom is 0.328 e. The normalized spacial score (nSPS) is 15.4. The molecule has 0 aromatic carbocycles. The van der Waals surface area contributed by atoms with Crippen LogP contribution in [0.4, 0.5) is 0 Å². The Morgan fingerprint density at radius 2 is 1.75 bits per heavy atom. The Kier molecular flexibility index (Phi) is 7.74. The largest absolute Gasteiger partial charge is 0.481 e. The van der Waals surface area contributed by atoms with E-state index in [0.29, 0.717) is 0 Å². The highest BCUT2D eigenvalue weighted by atomic mass is 16.7. The number of carboxylic acids is 2. The van der Waals surface area contributed by atoms with Crippen LogP contribution in [0.3, 0.4) is 0 Å². The number of hydrogen-bond acceptors (Lipinski definition) is 6. The summed E-state index contributed by atoms with van der Waals surface area (Å²) in [6, 6.07) is -1.69. The first-order chi connectivity index (χ1) is 9.16. The number of hydrogen-bond donors (Lipinski definition) is 4. The second kappa shape index (κ2) is 8.46. The quantitative estimate of drug-likeness (QED) is 0.378. The van der Waals surface area contributed by atoms with Crippen LogP contribution in [-0.4, -0.2) is 71.1 Å². The molecule has 0 bridgehead atoms. The minimum atomic E-state index is -1.76. The van der Waals surface area contributed by atoms with E-state index in [1.807, 2.05) is 5.32 Å². The van der Waals surface area contributed by atoms with Gasteiger partial charge in [-0.3, -0.25) is 14.4 Å². The number of carbonyl (C=O) groups excluding carboxylic acids is 1. The molecule has 4 N–H and O–H groups in total. The summed E-state index contributed by atoms with van der Waals surface area (Å²) >= 11 is 0. The average Bonchev–Trinajstić information content (AvgIpc) is 2.29. The molecule has 0 aliphatic heterocycles. The number of aliphatic carboxylic acids is 2. The van der Waals surface area contributed by atoms with Crippen LogP contribution < -0.4 is 5.32 Å². The van der Waals surface area contributed by atoms with E-state index in [4.69, 9.17) is 15.1 Å². The van der Waals surface area contributed by atoms with E-state index < -0.39 is 35.9 Å².